The Labute approximate surface area is 196 Å². The summed E-state index contributed by atoms with van der Waals surface area (Å²) in [7, 11) is 0. The number of carbonyl (C=O) groups excluding carboxylic acids is 2. The lowest BCUT2D eigenvalue weighted by Gasteiger charge is -2.29. The molecule has 1 aromatic heterocycles. The number of amides is 2. The van der Waals surface area contributed by atoms with Gasteiger partial charge in [0.2, 0.25) is 5.91 Å². The first-order chi connectivity index (χ1) is 16.0. The number of anilines is 1. The minimum atomic E-state index is -0.400. The third-order valence-corrected chi connectivity index (χ3v) is 6.28. The molecule has 2 fully saturated rings. The molecule has 3 N–H and O–H groups in total. The minimum absolute atomic E-state index is 0.0139. The van der Waals surface area contributed by atoms with E-state index >= 15 is 0 Å². The van der Waals surface area contributed by atoms with Crippen LogP contribution >= 0.6 is 0 Å². The lowest BCUT2D eigenvalue weighted by atomic mass is 9.84. The topological polar surface area (TPSA) is 114 Å². The summed E-state index contributed by atoms with van der Waals surface area (Å²) >= 11 is 0. The monoisotopic (exact) mass is 459 g/mol. The van der Waals surface area contributed by atoms with Gasteiger partial charge in [0.1, 0.15) is 11.9 Å². The summed E-state index contributed by atoms with van der Waals surface area (Å²) in [5, 5.41) is 6.34. The Morgan fingerprint density at radius 2 is 1.94 bits per heavy atom. The van der Waals surface area contributed by atoms with E-state index in [4.69, 9.17) is 9.57 Å². The molecule has 2 aliphatic rings. The van der Waals surface area contributed by atoms with E-state index in [1.807, 2.05) is 6.92 Å². The molecule has 1 unspecified atom stereocenters. The van der Waals surface area contributed by atoms with Gasteiger partial charge in [-0.05, 0) is 51.0 Å². The number of rotatable bonds is 10. The van der Waals surface area contributed by atoms with Crippen molar-refractivity contribution < 1.29 is 19.2 Å². The average molecular weight is 460 g/mol. The summed E-state index contributed by atoms with van der Waals surface area (Å²) in [6, 6.07) is -0.205. The molecular weight excluding hydrogens is 422 g/mol. The van der Waals surface area contributed by atoms with Gasteiger partial charge in [-0.2, -0.15) is 0 Å². The first-order valence-electron chi connectivity index (χ1n) is 12.2. The Kier molecular flexibility index (Phi) is 10.1. The Morgan fingerprint density at radius 1 is 1.15 bits per heavy atom. The molecule has 9 heteroatoms. The fourth-order valence-corrected chi connectivity index (χ4v) is 4.23. The van der Waals surface area contributed by atoms with Crippen molar-refractivity contribution in [2.75, 3.05) is 11.9 Å². The smallest absolute Gasteiger partial charge is 0.267 e. The quantitative estimate of drug-likeness (QED) is 0.363. The number of hydroxylamine groups is 1. The second-order valence-electron chi connectivity index (χ2n) is 8.84. The number of carbonyl (C=O) groups is 2. The fraction of sp³-hybridized carbons (Fsp3) is 0.667. The first kappa shape index (κ1) is 25.1. The van der Waals surface area contributed by atoms with Crippen LogP contribution in [-0.2, 0) is 19.2 Å². The molecule has 1 saturated heterocycles. The molecule has 33 heavy (non-hydrogen) atoms. The number of aromatic nitrogens is 2. The van der Waals surface area contributed by atoms with Crippen LogP contribution in [0.3, 0.4) is 0 Å². The first-order valence-corrected chi connectivity index (χ1v) is 12.2. The van der Waals surface area contributed by atoms with Crippen LogP contribution < -0.4 is 16.1 Å². The third-order valence-electron chi connectivity index (χ3n) is 6.28. The van der Waals surface area contributed by atoms with Crippen molar-refractivity contribution in [2.45, 2.75) is 90.0 Å². The van der Waals surface area contributed by atoms with Crippen LogP contribution in [0.5, 0.6) is 0 Å². The van der Waals surface area contributed by atoms with Crippen LogP contribution in [-0.4, -0.2) is 46.8 Å². The van der Waals surface area contributed by atoms with Gasteiger partial charge in [-0.1, -0.05) is 26.2 Å². The third kappa shape index (κ3) is 8.40. The van der Waals surface area contributed by atoms with Crippen molar-refractivity contribution >= 4 is 23.7 Å². The van der Waals surface area contributed by atoms with E-state index in [9.17, 15) is 9.59 Å². The average Bonchev–Trinajstić information content (AvgIpc) is 2.86. The van der Waals surface area contributed by atoms with Crippen LogP contribution in [0.1, 0.15) is 77.3 Å². The molecule has 1 aliphatic heterocycles. The predicted octanol–water partition coefficient (Wildman–Crippen LogP) is 3.34. The standard InChI is InChI=1S/C24H37N5O4/c1-3-20(24(31)27-17(2)18-9-5-4-6-10-18)28-21-16-25-19(15-26-21)12-13-22(30)29-33-23-11-7-8-14-32-23/h12-13,15-18,20,23H,3-11,14H2,1-2H3,(H,26,28)(H,27,31)(H,29,30)/b13-12+/t17-,20+,23?/m0/s1. The lowest BCUT2D eigenvalue weighted by molar-refractivity contribution is -0.198. The highest BCUT2D eigenvalue weighted by atomic mass is 16.8. The summed E-state index contributed by atoms with van der Waals surface area (Å²) in [5.74, 6) is 0.661. The number of nitrogens with zero attached hydrogens (tertiary/aromatic N) is 2. The van der Waals surface area contributed by atoms with Crippen LogP contribution in [0, 0.1) is 5.92 Å². The van der Waals surface area contributed by atoms with E-state index in [2.05, 4.69) is 33.0 Å². The Balaban J connectivity index is 1.44. The molecule has 1 aliphatic carbocycles. The molecule has 2 amide bonds. The molecule has 182 valence electrons. The van der Waals surface area contributed by atoms with Crippen molar-refractivity contribution in [3.8, 4) is 0 Å². The largest absolute Gasteiger partial charge is 0.357 e. The van der Waals surface area contributed by atoms with Gasteiger partial charge >= 0.3 is 0 Å². The van der Waals surface area contributed by atoms with Gasteiger partial charge in [0, 0.05) is 25.1 Å². The number of hydrogen-bond acceptors (Lipinski definition) is 7. The SMILES string of the molecule is CC[C@@H](Nc1cnc(/C=C/C(=O)NOC2CCCCO2)cn1)C(=O)N[C@@H](C)C1CCCCC1. The van der Waals surface area contributed by atoms with Crippen molar-refractivity contribution in [3.05, 3.63) is 24.2 Å². The maximum Gasteiger partial charge on any atom is 0.267 e. The maximum atomic E-state index is 12.8. The zero-order valence-electron chi connectivity index (χ0n) is 19.7. The molecule has 3 atom stereocenters. The highest BCUT2D eigenvalue weighted by molar-refractivity contribution is 5.90. The van der Waals surface area contributed by atoms with E-state index in [-0.39, 0.29) is 18.0 Å². The number of hydrogen-bond donors (Lipinski definition) is 3. The summed E-state index contributed by atoms with van der Waals surface area (Å²) in [4.78, 5) is 38.5. The van der Waals surface area contributed by atoms with Gasteiger partial charge in [0.05, 0.1) is 18.1 Å². The Morgan fingerprint density at radius 3 is 2.61 bits per heavy atom. The predicted molar refractivity (Wildman–Crippen MR) is 126 cm³/mol. The van der Waals surface area contributed by atoms with Crippen LogP contribution in [0.25, 0.3) is 6.08 Å². The van der Waals surface area contributed by atoms with Gasteiger partial charge in [0.25, 0.3) is 5.91 Å². The molecule has 3 rings (SSSR count). The fourth-order valence-electron chi connectivity index (χ4n) is 4.23. The normalized spacial score (nSPS) is 21.3. The van der Waals surface area contributed by atoms with Gasteiger partial charge in [-0.15, -0.1) is 0 Å². The van der Waals surface area contributed by atoms with E-state index in [1.165, 1.54) is 38.2 Å². The van der Waals surface area contributed by atoms with E-state index < -0.39 is 12.2 Å². The van der Waals surface area contributed by atoms with Crippen LogP contribution in [0.4, 0.5) is 5.82 Å². The van der Waals surface area contributed by atoms with Crippen LogP contribution in [0.15, 0.2) is 18.5 Å². The second-order valence-corrected chi connectivity index (χ2v) is 8.84. The van der Waals surface area contributed by atoms with Crippen molar-refractivity contribution in [1.82, 2.24) is 20.8 Å². The van der Waals surface area contributed by atoms with Gasteiger partial charge < -0.3 is 15.4 Å². The summed E-state index contributed by atoms with van der Waals surface area (Å²) < 4.78 is 5.39. The van der Waals surface area contributed by atoms with Crippen molar-refractivity contribution in [1.29, 1.82) is 0 Å². The molecule has 0 spiro atoms. The van der Waals surface area contributed by atoms with Gasteiger partial charge in [0.15, 0.2) is 6.29 Å². The minimum Gasteiger partial charge on any atom is -0.357 e. The molecule has 1 aromatic rings. The van der Waals surface area contributed by atoms with Crippen molar-refractivity contribution in [3.63, 3.8) is 0 Å². The molecule has 0 bridgehead atoms. The molecule has 2 heterocycles. The number of nitrogens with one attached hydrogen (secondary N) is 3. The highest BCUT2D eigenvalue weighted by Crippen LogP contribution is 2.26. The van der Waals surface area contributed by atoms with Gasteiger partial charge in [-0.3, -0.25) is 14.6 Å². The lowest BCUT2D eigenvalue weighted by Crippen LogP contribution is -2.46. The highest BCUT2D eigenvalue weighted by Gasteiger charge is 2.24. The summed E-state index contributed by atoms with van der Waals surface area (Å²) in [6.07, 6.45) is 15.2. The number of ether oxygens (including phenoxy) is 1. The Bertz CT molecular complexity index is 774. The molecule has 9 nitrogen and oxygen atoms in total. The van der Waals surface area contributed by atoms with Crippen LogP contribution in [0.2, 0.25) is 0 Å². The summed E-state index contributed by atoms with van der Waals surface area (Å²) in [5.41, 5.74) is 2.88. The van der Waals surface area contributed by atoms with E-state index in [1.54, 1.807) is 18.5 Å². The maximum absolute atomic E-state index is 12.8. The van der Waals surface area contributed by atoms with E-state index in [0.29, 0.717) is 30.5 Å². The zero-order valence-corrected chi connectivity index (χ0v) is 19.7. The molecule has 1 saturated carbocycles. The zero-order chi connectivity index (χ0) is 23.5. The van der Waals surface area contributed by atoms with Crippen molar-refractivity contribution in [2.24, 2.45) is 5.92 Å². The Hall–Kier alpha value is -2.52. The molecular formula is C24H37N5O4. The molecule has 0 radical (unpaired) electrons. The molecule has 0 aromatic carbocycles. The summed E-state index contributed by atoms with van der Waals surface area (Å²) in [6.45, 7) is 4.71. The second kappa shape index (κ2) is 13.3. The van der Waals surface area contributed by atoms with Gasteiger partial charge in [-0.25, -0.2) is 15.3 Å². The van der Waals surface area contributed by atoms with E-state index in [0.717, 1.165) is 19.3 Å².